The Labute approximate surface area is 170 Å². The van der Waals surface area contributed by atoms with Gasteiger partial charge in [-0.15, -0.1) is 9.35 Å². The molecule has 1 heterocycles. The number of unbranched alkanes of at least 4 members (excludes halogenated alkanes) is 1. The quantitative estimate of drug-likeness (QED) is 0.480. The smallest absolute Gasteiger partial charge is 0.464 e. The van der Waals surface area contributed by atoms with E-state index in [9.17, 15) is 31.6 Å². The molecule has 2 amide bonds. The minimum absolute atomic E-state index is 0.0861. The van der Waals surface area contributed by atoms with Gasteiger partial charge < -0.3 is 4.74 Å². The van der Waals surface area contributed by atoms with Gasteiger partial charge >= 0.3 is 21.3 Å². The number of methoxy groups -OCH3 is 1. The fraction of sp³-hybridized carbons (Fsp3) is 0.316. The first-order valence-corrected chi connectivity index (χ1v) is 10.3. The lowest BCUT2D eigenvalue weighted by Crippen LogP contribution is -2.48. The number of alkyl halides is 2. The molecule has 2 aromatic carbocycles. The fourth-order valence-corrected chi connectivity index (χ4v) is 3.87. The number of amides is 2. The maximum absolute atomic E-state index is 13.9. The van der Waals surface area contributed by atoms with Crippen molar-refractivity contribution >= 4 is 38.7 Å². The third kappa shape index (κ3) is 3.33. The van der Waals surface area contributed by atoms with E-state index in [1.54, 1.807) is 12.1 Å². The first-order valence-electron chi connectivity index (χ1n) is 8.90. The molecule has 0 unspecified atom stereocenters. The highest BCUT2D eigenvalue weighted by molar-refractivity contribution is 7.88. The number of ether oxygens (including phenoxy) is 1. The van der Waals surface area contributed by atoms with Crippen LogP contribution in [0.15, 0.2) is 30.3 Å². The number of aryl methyl sites for hydroxylation is 1. The number of nitrogens with zero attached hydrogens (tertiary/aromatic N) is 1. The van der Waals surface area contributed by atoms with Crippen molar-refractivity contribution in [3.63, 3.8) is 0 Å². The van der Waals surface area contributed by atoms with Crippen LogP contribution in [-0.4, -0.2) is 43.6 Å². The van der Waals surface area contributed by atoms with Crippen molar-refractivity contribution in [2.45, 2.75) is 31.4 Å². The van der Waals surface area contributed by atoms with Crippen LogP contribution in [-0.2, 0) is 30.4 Å². The van der Waals surface area contributed by atoms with Gasteiger partial charge in [0.1, 0.15) is 0 Å². The van der Waals surface area contributed by atoms with Gasteiger partial charge in [-0.2, -0.15) is 17.2 Å². The van der Waals surface area contributed by atoms with Crippen LogP contribution in [0, 0.1) is 0 Å². The van der Waals surface area contributed by atoms with Crippen molar-refractivity contribution < 1.29 is 40.6 Å². The molecule has 0 aromatic heterocycles. The van der Waals surface area contributed by atoms with Crippen molar-refractivity contribution in [3.8, 4) is 0 Å². The number of esters is 1. The average Bonchev–Trinajstić information content (AvgIpc) is 2.72. The Kier molecular flexibility index (Phi) is 5.61. The van der Waals surface area contributed by atoms with Gasteiger partial charge in [0.05, 0.1) is 18.2 Å². The summed E-state index contributed by atoms with van der Waals surface area (Å²) in [7, 11) is -5.50. The predicted octanol–water partition coefficient (Wildman–Crippen LogP) is 2.81. The zero-order valence-electron chi connectivity index (χ0n) is 16.0. The Morgan fingerprint density at radius 2 is 1.73 bits per heavy atom. The number of hydrogen-bond donors (Lipinski definition) is 0. The van der Waals surface area contributed by atoms with Crippen LogP contribution in [0.1, 0.15) is 46.0 Å². The summed E-state index contributed by atoms with van der Waals surface area (Å²) in [6, 6.07) is 7.60. The first-order chi connectivity index (χ1) is 14.1. The molecule has 0 atom stereocenters. The van der Waals surface area contributed by atoms with E-state index in [0.717, 1.165) is 18.4 Å². The molecule has 0 spiro atoms. The van der Waals surface area contributed by atoms with Crippen molar-refractivity contribution in [1.82, 2.24) is 5.06 Å². The lowest BCUT2D eigenvalue weighted by Gasteiger charge is -2.27. The Morgan fingerprint density at radius 1 is 1.10 bits per heavy atom. The normalized spacial score (nSPS) is 14.3. The van der Waals surface area contributed by atoms with Gasteiger partial charge in [0.25, 0.3) is 11.8 Å². The SMILES string of the molecule is CCCCc1ccc2c3c(cccc13)C(=O)N(OS(=O)(=O)C(F)(F)C(=O)OC)C2=O. The van der Waals surface area contributed by atoms with Crippen LogP contribution >= 0.6 is 0 Å². The molecule has 0 saturated carbocycles. The van der Waals surface area contributed by atoms with Crippen LogP contribution in [0.5, 0.6) is 0 Å². The molecular weight excluding hydrogens is 424 g/mol. The van der Waals surface area contributed by atoms with E-state index >= 15 is 0 Å². The number of imide groups is 1. The number of carbonyl (C=O) groups is 3. The molecule has 8 nitrogen and oxygen atoms in total. The monoisotopic (exact) mass is 441 g/mol. The number of carbonyl (C=O) groups excluding carboxylic acids is 3. The summed E-state index contributed by atoms with van der Waals surface area (Å²) >= 11 is 0. The van der Waals surface area contributed by atoms with Gasteiger partial charge in [-0.25, -0.2) is 4.79 Å². The minimum Gasteiger partial charge on any atom is -0.464 e. The van der Waals surface area contributed by atoms with E-state index < -0.39 is 33.2 Å². The summed E-state index contributed by atoms with van der Waals surface area (Å²) in [5, 5.41) is -4.49. The molecule has 0 radical (unpaired) electrons. The summed E-state index contributed by atoms with van der Waals surface area (Å²) in [6.07, 6.45) is 2.49. The van der Waals surface area contributed by atoms with Crippen LogP contribution in [0.2, 0.25) is 0 Å². The first kappa shape index (κ1) is 21.8. The zero-order valence-corrected chi connectivity index (χ0v) is 16.8. The van der Waals surface area contributed by atoms with Gasteiger partial charge in [-0.3, -0.25) is 9.59 Å². The Hall–Kier alpha value is -2.92. The molecule has 0 bridgehead atoms. The maximum atomic E-state index is 13.9. The Balaban J connectivity index is 2.07. The Bertz CT molecular complexity index is 1140. The molecule has 1 aliphatic heterocycles. The summed E-state index contributed by atoms with van der Waals surface area (Å²) in [6.45, 7) is 2.01. The molecule has 30 heavy (non-hydrogen) atoms. The molecule has 2 aromatic rings. The minimum atomic E-state index is -6.05. The summed E-state index contributed by atoms with van der Waals surface area (Å²) < 4.78 is 59.5. The van der Waals surface area contributed by atoms with Gasteiger partial charge in [0.15, 0.2) is 0 Å². The largest absolute Gasteiger partial charge is 0.467 e. The topological polar surface area (TPSA) is 107 Å². The lowest BCUT2D eigenvalue weighted by atomic mass is 9.90. The van der Waals surface area contributed by atoms with Crippen molar-refractivity contribution in [2.24, 2.45) is 0 Å². The number of hydroxylamine groups is 2. The molecular formula is C19H17F2NO7S. The van der Waals surface area contributed by atoms with E-state index in [-0.39, 0.29) is 21.6 Å². The highest BCUT2D eigenvalue weighted by atomic mass is 32.2. The lowest BCUT2D eigenvalue weighted by molar-refractivity contribution is -0.159. The number of hydrogen-bond acceptors (Lipinski definition) is 7. The summed E-state index contributed by atoms with van der Waals surface area (Å²) in [5.74, 6) is -4.90. The molecule has 1 aliphatic rings. The molecule has 3 rings (SSSR count). The van der Waals surface area contributed by atoms with E-state index in [4.69, 9.17) is 0 Å². The van der Waals surface area contributed by atoms with Crippen LogP contribution in [0.4, 0.5) is 8.78 Å². The Morgan fingerprint density at radius 3 is 2.33 bits per heavy atom. The maximum Gasteiger partial charge on any atom is 0.467 e. The highest BCUT2D eigenvalue weighted by Crippen LogP contribution is 2.35. The van der Waals surface area contributed by atoms with Crippen molar-refractivity contribution in [2.75, 3.05) is 7.11 Å². The summed E-state index contributed by atoms with van der Waals surface area (Å²) in [4.78, 5) is 36.6. The molecule has 11 heteroatoms. The average molecular weight is 441 g/mol. The van der Waals surface area contributed by atoms with E-state index in [1.165, 1.54) is 18.2 Å². The van der Waals surface area contributed by atoms with Gasteiger partial charge in [-0.1, -0.05) is 31.5 Å². The number of halogens is 2. The molecule has 0 N–H and O–H groups in total. The highest BCUT2D eigenvalue weighted by Gasteiger charge is 2.58. The number of benzene rings is 2. The second-order valence-corrected chi connectivity index (χ2v) is 8.12. The van der Waals surface area contributed by atoms with E-state index in [2.05, 4.69) is 9.02 Å². The van der Waals surface area contributed by atoms with Gasteiger partial charge in [0, 0.05) is 5.39 Å². The predicted molar refractivity (Wildman–Crippen MR) is 100 cm³/mol. The van der Waals surface area contributed by atoms with Gasteiger partial charge in [0.2, 0.25) is 0 Å². The third-order valence-electron chi connectivity index (χ3n) is 4.67. The second kappa shape index (κ2) is 7.73. The van der Waals surface area contributed by atoms with Crippen molar-refractivity contribution in [1.29, 1.82) is 0 Å². The number of rotatable bonds is 7. The standard InChI is InChI=1S/C19H17F2NO7S/c1-3-4-6-11-9-10-14-15-12(11)7-5-8-13(15)16(23)22(17(14)24)29-30(26,27)19(20,21)18(25)28-2/h5,7-10H,3-4,6H2,1-2H3. The van der Waals surface area contributed by atoms with E-state index in [0.29, 0.717) is 18.9 Å². The van der Waals surface area contributed by atoms with E-state index in [1.807, 2.05) is 6.92 Å². The molecule has 0 fully saturated rings. The van der Waals surface area contributed by atoms with Crippen LogP contribution < -0.4 is 0 Å². The van der Waals surface area contributed by atoms with Crippen molar-refractivity contribution in [3.05, 3.63) is 47.0 Å². The summed E-state index contributed by atoms with van der Waals surface area (Å²) in [5.41, 5.74) is 0.714. The second-order valence-electron chi connectivity index (χ2n) is 6.55. The van der Waals surface area contributed by atoms with Crippen LogP contribution in [0.25, 0.3) is 10.8 Å². The molecule has 160 valence electrons. The molecule has 0 aliphatic carbocycles. The molecule has 0 saturated heterocycles. The van der Waals surface area contributed by atoms with Crippen LogP contribution in [0.3, 0.4) is 0 Å². The zero-order chi connectivity index (χ0) is 22.3. The third-order valence-corrected chi connectivity index (χ3v) is 5.81. The van der Waals surface area contributed by atoms with Gasteiger partial charge in [-0.05, 0) is 35.9 Å². The fourth-order valence-electron chi connectivity index (χ4n) is 3.15.